The molecule has 0 amide bonds. The summed E-state index contributed by atoms with van der Waals surface area (Å²) in [6.45, 7) is 3.27. The Bertz CT molecular complexity index is 454. The summed E-state index contributed by atoms with van der Waals surface area (Å²) in [4.78, 5) is 6.74. The van der Waals surface area contributed by atoms with Gasteiger partial charge in [0.1, 0.15) is 5.82 Å². The van der Waals surface area contributed by atoms with E-state index in [1.54, 1.807) is 0 Å². The summed E-state index contributed by atoms with van der Waals surface area (Å²) in [7, 11) is 0. The molecule has 5 nitrogen and oxygen atoms in total. The van der Waals surface area contributed by atoms with Crippen molar-refractivity contribution in [3.8, 4) is 0 Å². The van der Waals surface area contributed by atoms with E-state index in [1.807, 2.05) is 6.20 Å². The van der Waals surface area contributed by atoms with Crippen molar-refractivity contribution in [1.29, 1.82) is 0 Å². The van der Waals surface area contributed by atoms with E-state index < -0.39 is 5.41 Å². The maximum absolute atomic E-state index is 9.50. The lowest BCUT2D eigenvalue weighted by molar-refractivity contribution is 0.0634. The quantitative estimate of drug-likeness (QED) is 0.804. The third-order valence-corrected chi connectivity index (χ3v) is 4.21. The summed E-state index contributed by atoms with van der Waals surface area (Å²) in [6.07, 6.45) is 3.34. The van der Waals surface area contributed by atoms with Crippen LogP contribution in [0.3, 0.4) is 0 Å². The van der Waals surface area contributed by atoms with Gasteiger partial charge in [0.15, 0.2) is 0 Å². The highest BCUT2D eigenvalue weighted by molar-refractivity contribution is 5.46. The predicted octanol–water partition coefficient (Wildman–Crippen LogP) is -0.0122. The van der Waals surface area contributed by atoms with Gasteiger partial charge in [0.25, 0.3) is 0 Å². The Hall–Kier alpha value is -1.17. The average Bonchev–Trinajstić information content (AvgIpc) is 2.86. The van der Waals surface area contributed by atoms with E-state index in [2.05, 4.69) is 16.0 Å². The Morgan fingerprint density at radius 2 is 1.84 bits per heavy atom. The number of pyridine rings is 1. The van der Waals surface area contributed by atoms with E-state index in [4.69, 9.17) is 4.74 Å². The second-order valence-electron chi connectivity index (χ2n) is 5.58. The van der Waals surface area contributed by atoms with Crippen LogP contribution in [0.1, 0.15) is 11.1 Å². The van der Waals surface area contributed by atoms with E-state index in [1.165, 1.54) is 5.56 Å². The first-order valence-corrected chi connectivity index (χ1v) is 6.79. The lowest BCUT2D eigenvalue weighted by Crippen LogP contribution is -2.36. The molecule has 19 heavy (non-hydrogen) atoms. The largest absolute Gasteiger partial charge is 0.396 e. The average molecular weight is 264 g/mol. The van der Waals surface area contributed by atoms with Crippen molar-refractivity contribution >= 4 is 5.82 Å². The molecule has 1 aromatic rings. The van der Waals surface area contributed by atoms with Gasteiger partial charge in [-0.15, -0.1) is 0 Å². The Kier molecular flexibility index (Phi) is 3.43. The molecule has 0 unspecified atom stereocenters. The van der Waals surface area contributed by atoms with Gasteiger partial charge in [-0.25, -0.2) is 4.98 Å². The van der Waals surface area contributed by atoms with Gasteiger partial charge in [0.05, 0.1) is 26.4 Å². The molecule has 0 radical (unpaired) electrons. The van der Waals surface area contributed by atoms with E-state index in [-0.39, 0.29) is 13.2 Å². The smallest absolute Gasteiger partial charge is 0.128 e. The van der Waals surface area contributed by atoms with Crippen LogP contribution in [0.25, 0.3) is 0 Å². The summed E-state index contributed by atoms with van der Waals surface area (Å²) in [6, 6.07) is 2.10. The highest BCUT2D eigenvalue weighted by Crippen LogP contribution is 2.37. The number of hydrogen-bond donors (Lipinski definition) is 2. The fourth-order valence-electron chi connectivity index (χ4n) is 2.95. The highest BCUT2D eigenvalue weighted by atomic mass is 16.5. The van der Waals surface area contributed by atoms with Crippen LogP contribution in [-0.4, -0.2) is 54.7 Å². The molecular formula is C14H20N2O3. The molecule has 2 N–H and O–H groups in total. The minimum absolute atomic E-state index is 0.0189. The molecule has 0 saturated carbocycles. The van der Waals surface area contributed by atoms with E-state index >= 15 is 0 Å². The number of nitrogens with zero attached hydrogens (tertiary/aromatic N) is 2. The fourth-order valence-corrected chi connectivity index (χ4v) is 2.95. The standard InChI is InChI=1S/C14H20N2O3/c17-9-14(10-18)6-11-5-13(15-8-12(11)7-14)16-1-3-19-4-2-16/h5,8,17-18H,1-4,6-7,9-10H2. The zero-order valence-electron chi connectivity index (χ0n) is 11.0. The Morgan fingerprint density at radius 1 is 1.16 bits per heavy atom. The molecular weight excluding hydrogens is 244 g/mol. The van der Waals surface area contributed by atoms with Gasteiger partial charge in [-0.3, -0.25) is 0 Å². The van der Waals surface area contributed by atoms with Crippen molar-refractivity contribution in [2.45, 2.75) is 12.8 Å². The van der Waals surface area contributed by atoms with Gasteiger partial charge >= 0.3 is 0 Å². The molecule has 0 spiro atoms. The molecule has 0 atom stereocenters. The van der Waals surface area contributed by atoms with E-state index in [9.17, 15) is 10.2 Å². The molecule has 1 aromatic heterocycles. The third-order valence-electron chi connectivity index (χ3n) is 4.21. The number of aliphatic hydroxyl groups excluding tert-OH is 2. The zero-order valence-corrected chi connectivity index (χ0v) is 11.0. The van der Waals surface area contributed by atoms with Crippen LogP contribution in [0.5, 0.6) is 0 Å². The summed E-state index contributed by atoms with van der Waals surface area (Å²) >= 11 is 0. The Labute approximate surface area is 112 Å². The van der Waals surface area contributed by atoms with Crippen LogP contribution >= 0.6 is 0 Å². The Morgan fingerprint density at radius 3 is 2.53 bits per heavy atom. The van der Waals surface area contributed by atoms with Crippen LogP contribution in [-0.2, 0) is 17.6 Å². The number of anilines is 1. The molecule has 1 fully saturated rings. The molecule has 2 heterocycles. The fraction of sp³-hybridized carbons (Fsp3) is 0.643. The molecule has 3 rings (SSSR count). The van der Waals surface area contributed by atoms with Crippen molar-refractivity contribution < 1.29 is 14.9 Å². The van der Waals surface area contributed by atoms with Crippen LogP contribution in [0, 0.1) is 5.41 Å². The first-order valence-electron chi connectivity index (χ1n) is 6.79. The minimum Gasteiger partial charge on any atom is -0.396 e. The van der Waals surface area contributed by atoms with Gasteiger partial charge in [0, 0.05) is 24.7 Å². The normalized spacial score (nSPS) is 21.5. The Balaban J connectivity index is 1.82. The third kappa shape index (κ3) is 2.33. The predicted molar refractivity (Wildman–Crippen MR) is 71.3 cm³/mol. The second-order valence-corrected chi connectivity index (χ2v) is 5.58. The maximum Gasteiger partial charge on any atom is 0.128 e. The van der Waals surface area contributed by atoms with Crippen LogP contribution in [0.15, 0.2) is 12.3 Å². The molecule has 0 bridgehead atoms. The summed E-state index contributed by atoms with van der Waals surface area (Å²) in [5.74, 6) is 0.980. The van der Waals surface area contributed by atoms with Crippen LogP contribution in [0.2, 0.25) is 0 Å². The molecule has 1 aliphatic heterocycles. The molecule has 2 aliphatic rings. The topological polar surface area (TPSA) is 65.8 Å². The first-order chi connectivity index (χ1) is 9.26. The van der Waals surface area contributed by atoms with Crippen LogP contribution < -0.4 is 4.90 Å². The minimum atomic E-state index is -0.395. The van der Waals surface area contributed by atoms with Crippen molar-refractivity contribution in [2.75, 3.05) is 44.4 Å². The van der Waals surface area contributed by atoms with Gasteiger partial charge in [-0.05, 0) is 30.0 Å². The van der Waals surface area contributed by atoms with Crippen molar-refractivity contribution in [3.05, 3.63) is 23.4 Å². The molecule has 1 saturated heterocycles. The summed E-state index contributed by atoms with van der Waals surface area (Å²) in [5, 5.41) is 19.0. The SMILES string of the molecule is OCC1(CO)Cc2cnc(N3CCOCC3)cc2C1. The van der Waals surface area contributed by atoms with Crippen molar-refractivity contribution in [3.63, 3.8) is 0 Å². The van der Waals surface area contributed by atoms with Crippen molar-refractivity contribution in [2.24, 2.45) is 5.41 Å². The van der Waals surface area contributed by atoms with Gasteiger partial charge in [0.2, 0.25) is 0 Å². The number of morpholine rings is 1. The monoisotopic (exact) mass is 264 g/mol. The van der Waals surface area contributed by atoms with E-state index in [0.717, 1.165) is 44.1 Å². The van der Waals surface area contributed by atoms with Crippen molar-refractivity contribution in [1.82, 2.24) is 4.98 Å². The van der Waals surface area contributed by atoms with Gasteiger partial charge in [-0.2, -0.15) is 0 Å². The highest BCUT2D eigenvalue weighted by Gasteiger charge is 2.36. The number of fused-ring (bicyclic) bond motifs is 1. The lowest BCUT2D eigenvalue weighted by atomic mass is 9.87. The molecule has 1 aliphatic carbocycles. The molecule has 0 aromatic carbocycles. The van der Waals surface area contributed by atoms with E-state index in [0.29, 0.717) is 6.42 Å². The number of ether oxygens (including phenoxy) is 1. The number of rotatable bonds is 3. The maximum atomic E-state index is 9.50. The summed E-state index contributed by atoms with van der Waals surface area (Å²) < 4.78 is 5.35. The second kappa shape index (κ2) is 5.07. The lowest BCUT2D eigenvalue weighted by Gasteiger charge is -2.28. The number of aromatic nitrogens is 1. The first kappa shape index (κ1) is 12.8. The van der Waals surface area contributed by atoms with Gasteiger partial charge < -0.3 is 19.8 Å². The molecule has 5 heteroatoms. The number of hydrogen-bond acceptors (Lipinski definition) is 5. The van der Waals surface area contributed by atoms with Gasteiger partial charge in [-0.1, -0.05) is 0 Å². The zero-order chi connectivity index (χ0) is 13.3. The summed E-state index contributed by atoms with van der Waals surface area (Å²) in [5.41, 5.74) is 1.97. The number of aliphatic hydroxyl groups is 2. The van der Waals surface area contributed by atoms with Crippen LogP contribution in [0.4, 0.5) is 5.82 Å². The molecule has 104 valence electrons.